The molecule has 2 aliphatic heterocycles. The maximum absolute atomic E-state index is 12.3. The van der Waals surface area contributed by atoms with E-state index in [2.05, 4.69) is 10.1 Å². The van der Waals surface area contributed by atoms with Gasteiger partial charge in [-0.05, 0) is 24.6 Å². The summed E-state index contributed by atoms with van der Waals surface area (Å²) >= 11 is 12.8. The average molecular weight is 470 g/mol. The fraction of sp³-hybridized carbons (Fsp3) is 0.174. The van der Waals surface area contributed by atoms with Crippen LogP contribution < -0.4 is 9.75 Å². The molecule has 0 saturated carbocycles. The van der Waals surface area contributed by atoms with E-state index in [4.69, 9.17) is 27.9 Å². The normalized spacial score (nSPS) is 16.5. The predicted octanol–water partition coefficient (Wildman–Crippen LogP) is 4.20. The van der Waals surface area contributed by atoms with Crippen LogP contribution in [-0.2, 0) is 20.8 Å². The highest BCUT2D eigenvalue weighted by molar-refractivity contribution is 6.44. The van der Waals surface area contributed by atoms with Crippen LogP contribution in [-0.4, -0.2) is 35.6 Å². The predicted molar refractivity (Wildman–Crippen MR) is 123 cm³/mol. The van der Waals surface area contributed by atoms with Gasteiger partial charge in [-0.15, -0.1) is 0 Å². The largest absolute Gasteiger partial charge is 0.436 e. The van der Waals surface area contributed by atoms with E-state index in [-0.39, 0.29) is 51.9 Å². The molecular formula is C23H17Cl2N3O4. The summed E-state index contributed by atoms with van der Waals surface area (Å²) in [6, 6.07) is 12.5. The lowest BCUT2D eigenvalue weighted by Gasteiger charge is -2.23. The zero-order chi connectivity index (χ0) is 22.8. The van der Waals surface area contributed by atoms with Crippen molar-refractivity contribution < 1.29 is 19.1 Å². The van der Waals surface area contributed by atoms with E-state index in [1.165, 1.54) is 19.1 Å². The fourth-order valence-corrected chi connectivity index (χ4v) is 3.78. The topological polar surface area (TPSA) is 88.4 Å². The first-order valence-corrected chi connectivity index (χ1v) is 10.5. The van der Waals surface area contributed by atoms with E-state index in [1.54, 1.807) is 6.08 Å². The van der Waals surface area contributed by atoms with Crippen molar-refractivity contribution >= 4 is 58.0 Å². The van der Waals surface area contributed by atoms with E-state index in [0.717, 1.165) is 10.6 Å². The molecule has 2 aromatic carbocycles. The van der Waals surface area contributed by atoms with Crippen LogP contribution >= 0.6 is 23.2 Å². The molecule has 0 aromatic heterocycles. The van der Waals surface area contributed by atoms with Crippen LogP contribution in [0, 0.1) is 0 Å². The molecule has 2 heterocycles. The molecule has 2 aliphatic rings. The second kappa shape index (κ2) is 9.06. The van der Waals surface area contributed by atoms with Crippen LogP contribution in [0.3, 0.4) is 0 Å². The van der Waals surface area contributed by atoms with Gasteiger partial charge in [0.2, 0.25) is 5.90 Å². The standard InChI is InChI=1S/C23H17Cl2N3O4/c1-13-19(29)11-22(31)28(27-13)16-9-17(24)23(18(25)10-16)32-21-8-15(20(30)12-26-21)7-14-5-3-2-4-6-14/h2-6,8-10H,7,11-12H2,1H3. The lowest BCUT2D eigenvalue weighted by molar-refractivity contribution is -0.124. The van der Waals surface area contributed by atoms with Gasteiger partial charge in [-0.3, -0.25) is 14.4 Å². The number of ketones is 2. The summed E-state index contributed by atoms with van der Waals surface area (Å²) < 4.78 is 5.80. The van der Waals surface area contributed by atoms with Crippen LogP contribution in [0.15, 0.2) is 64.2 Å². The number of nitrogens with zero attached hydrogens (tertiary/aromatic N) is 3. The zero-order valence-electron chi connectivity index (χ0n) is 17.0. The summed E-state index contributed by atoms with van der Waals surface area (Å²) in [5, 5.41) is 5.37. The first kappa shape index (κ1) is 21.9. The highest BCUT2D eigenvalue weighted by Gasteiger charge is 2.28. The third kappa shape index (κ3) is 4.64. The Bertz CT molecular complexity index is 1200. The second-order valence-electron chi connectivity index (χ2n) is 7.24. The SMILES string of the molecule is CC1=NN(c2cc(Cl)c(OC3=NCC(=O)C(Cc4ccccc4)=C3)c(Cl)c2)C(=O)CC1=O. The highest BCUT2D eigenvalue weighted by Crippen LogP contribution is 2.38. The van der Waals surface area contributed by atoms with Crippen molar-refractivity contribution in [3.05, 3.63) is 69.7 Å². The molecule has 0 aliphatic carbocycles. The van der Waals surface area contributed by atoms with Gasteiger partial charge in [-0.25, -0.2) is 4.99 Å². The lowest BCUT2D eigenvalue weighted by atomic mass is 10.00. The summed E-state index contributed by atoms with van der Waals surface area (Å²) in [4.78, 5) is 40.3. The van der Waals surface area contributed by atoms with Crippen LogP contribution in [0.25, 0.3) is 0 Å². The van der Waals surface area contributed by atoms with Crippen LogP contribution in [0.1, 0.15) is 18.9 Å². The second-order valence-corrected chi connectivity index (χ2v) is 8.06. The molecule has 1 amide bonds. The van der Waals surface area contributed by atoms with Crippen molar-refractivity contribution in [3.8, 4) is 5.75 Å². The van der Waals surface area contributed by atoms with Gasteiger partial charge in [0.15, 0.2) is 17.3 Å². The quantitative estimate of drug-likeness (QED) is 0.627. The molecule has 0 saturated heterocycles. The van der Waals surface area contributed by atoms with E-state index < -0.39 is 5.91 Å². The number of hydrogen-bond acceptors (Lipinski definition) is 6. The Labute approximate surface area is 194 Å². The molecular weight excluding hydrogens is 453 g/mol. The maximum Gasteiger partial charge on any atom is 0.255 e. The zero-order valence-corrected chi connectivity index (χ0v) is 18.5. The van der Waals surface area contributed by atoms with E-state index in [0.29, 0.717) is 17.7 Å². The number of amides is 1. The molecule has 0 radical (unpaired) electrons. The Morgan fingerprint density at radius 2 is 1.72 bits per heavy atom. The number of hydrazone groups is 1. The van der Waals surface area contributed by atoms with Crippen molar-refractivity contribution in [1.82, 2.24) is 0 Å². The van der Waals surface area contributed by atoms with Crippen molar-refractivity contribution in [2.24, 2.45) is 10.1 Å². The minimum atomic E-state index is -0.481. The number of ether oxygens (including phenoxy) is 1. The van der Waals surface area contributed by atoms with Crippen LogP contribution in [0.5, 0.6) is 5.75 Å². The minimum absolute atomic E-state index is 0.0361. The number of anilines is 1. The molecule has 2 aromatic rings. The monoisotopic (exact) mass is 469 g/mol. The number of aliphatic imine (C=N–C) groups is 1. The van der Waals surface area contributed by atoms with Gasteiger partial charge < -0.3 is 4.74 Å². The molecule has 0 unspecified atom stereocenters. The number of carbonyl (C=O) groups excluding carboxylic acids is 3. The molecule has 0 fully saturated rings. The molecule has 0 N–H and O–H groups in total. The third-order valence-corrected chi connectivity index (χ3v) is 5.47. The number of halogens is 2. The molecule has 0 spiro atoms. The Morgan fingerprint density at radius 1 is 1.03 bits per heavy atom. The van der Waals surface area contributed by atoms with Gasteiger partial charge in [0.1, 0.15) is 12.3 Å². The fourth-order valence-electron chi connectivity index (χ4n) is 3.23. The Kier molecular flexibility index (Phi) is 6.21. The first-order chi connectivity index (χ1) is 15.3. The van der Waals surface area contributed by atoms with Crippen molar-refractivity contribution in [1.29, 1.82) is 0 Å². The molecule has 0 atom stereocenters. The van der Waals surface area contributed by atoms with Crippen LogP contribution in [0.4, 0.5) is 5.69 Å². The number of carbonyl (C=O) groups is 3. The first-order valence-electron chi connectivity index (χ1n) is 9.72. The number of hydrogen-bond donors (Lipinski definition) is 0. The van der Waals surface area contributed by atoms with Crippen molar-refractivity contribution in [2.75, 3.05) is 11.6 Å². The van der Waals surface area contributed by atoms with Crippen LogP contribution in [0.2, 0.25) is 10.0 Å². The maximum atomic E-state index is 12.3. The summed E-state index contributed by atoms with van der Waals surface area (Å²) in [5.41, 5.74) is 2.09. The Hall–Kier alpha value is -3.29. The minimum Gasteiger partial charge on any atom is -0.436 e. The Balaban J connectivity index is 1.58. The average Bonchev–Trinajstić information content (AvgIpc) is 2.76. The molecule has 9 heteroatoms. The van der Waals surface area contributed by atoms with Gasteiger partial charge in [0.05, 0.1) is 22.2 Å². The molecule has 0 bridgehead atoms. The van der Waals surface area contributed by atoms with Gasteiger partial charge in [0, 0.05) is 18.1 Å². The number of dihydropyridines is 1. The summed E-state index contributed by atoms with van der Waals surface area (Å²) in [5.74, 6) is -0.543. The smallest absolute Gasteiger partial charge is 0.255 e. The van der Waals surface area contributed by atoms with Gasteiger partial charge in [-0.2, -0.15) is 10.1 Å². The van der Waals surface area contributed by atoms with Gasteiger partial charge >= 0.3 is 0 Å². The van der Waals surface area contributed by atoms with E-state index in [1.807, 2.05) is 30.3 Å². The summed E-state index contributed by atoms with van der Waals surface area (Å²) in [6.07, 6.45) is 1.76. The molecule has 32 heavy (non-hydrogen) atoms. The van der Waals surface area contributed by atoms with Gasteiger partial charge in [-0.1, -0.05) is 53.5 Å². The molecule has 162 valence electrons. The lowest BCUT2D eigenvalue weighted by Crippen LogP contribution is -2.36. The Morgan fingerprint density at radius 3 is 2.41 bits per heavy atom. The van der Waals surface area contributed by atoms with Crippen molar-refractivity contribution in [3.63, 3.8) is 0 Å². The summed E-state index contributed by atoms with van der Waals surface area (Å²) in [7, 11) is 0. The van der Waals surface area contributed by atoms with E-state index in [9.17, 15) is 14.4 Å². The third-order valence-electron chi connectivity index (χ3n) is 4.91. The highest BCUT2D eigenvalue weighted by atomic mass is 35.5. The number of benzene rings is 2. The van der Waals surface area contributed by atoms with Gasteiger partial charge in [0.25, 0.3) is 5.91 Å². The molecule has 4 rings (SSSR count). The van der Waals surface area contributed by atoms with E-state index >= 15 is 0 Å². The molecule has 7 nitrogen and oxygen atoms in total. The number of Topliss-reactive ketones (excluding diaryl/α,β-unsaturated/α-hetero) is 2. The van der Waals surface area contributed by atoms with Crippen molar-refractivity contribution in [2.45, 2.75) is 19.8 Å². The summed E-state index contributed by atoms with van der Waals surface area (Å²) in [6.45, 7) is 1.50. The number of rotatable bonds is 4.